The number of rotatable bonds is 10. The second-order valence-corrected chi connectivity index (χ2v) is 16.9. The van der Waals surface area contributed by atoms with Gasteiger partial charge >= 0.3 is 0 Å². The van der Waals surface area contributed by atoms with E-state index < -0.39 is 29.7 Å². The minimum Gasteiger partial charge on any atom is -0.491 e. The number of nitriles is 1. The molecule has 0 spiro atoms. The van der Waals surface area contributed by atoms with Gasteiger partial charge < -0.3 is 19.3 Å². The molecule has 5 amide bonds. The number of ether oxygens (including phenoxy) is 2. The van der Waals surface area contributed by atoms with E-state index in [2.05, 4.69) is 28.1 Å². The van der Waals surface area contributed by atoms with E-state index in [0.29, 0.717) is 45.5 Å². The Bertz CT molecular complexity index is 2180. The number of amides is 5. The Morgan fingerprint density at radius 1 is 0.864 bits per heavy atom. The van der Waals surface area contributed by atoms with Crippen molar-refractivity contribution in [2.45, 2.75) is 108 Å². The molecule has 0 saturated carbocycles. The Hall–Kier alpha value is -5.45. The summed E-state index contributed by atoms with van der Waals surface area (Å²) in [5.74, 6) is -0.613. The second-order valence-electron chi connectivity index (χ2n) is 16.5. The normalized spacial score (nSPS) is 23.6. The number of anilines is 1. The zero-order valence-corrected chi connectivity index (χ0v) is 34.2. The molecule has 308 valence electrons. The number of hydrogen-bond acceptors (Lipinski definition) is 10. The van der Waals surface area contributed by atoms with Crippen molar-refractivity contribution in [1.82, 2.24) is 20.0 Å². The minimum atomic E-state index is -0.977. The van der Waals surface area contributed by atoms with Gasteiger partial charge in [-0.1, -0.05) is 11.6 Å². The lowest BCUT2D eigenvalue weighted by Crippen LogP contribution is -2.54. The number of nitrogens with zero attached hydrogens (tertiary/aromatic N) is 5. The number of carbonyl (C=O) groups is 5. The molecule has 59 heavy (non-hydrogen) atoms. The van der Waals surface area contributed by atoms with E-state index in [1.54, 1.807) is 30.3 Å². The molecule has 3 aromatic rings. The summed E-state index contributed by atoms with van der Waals surface area (Å²) in [7, 11) is 0. The van der Waals surface area contributed by atoms with Crippen LogP contribution in [-0.4, -0.2) is 107 Å². The number of piperidine rings is 3. The first-order chi connectivity index (χ1) is 28.5. The molecule has 8 rings (SSSR count). The largest absolute Gasteiger partial charge is 0.491 e. The summed E-state index contributed by atoms with van der Waals surface area (Å²) < 4.78 is 12.5. The van der Waals surface area contributed by atoms with Crippen molar-refractivity contribution >= 4 is 46.8 Å². The molecule has 14 heteroatoms. The quantitative estimate of drug-likeness (QED) is 0.242. The lowest BCUT2D eigenvalue weighted by molar-refractivity contribution is -0.136. The van der Waals surface area contributed by atoms with Crippen LogP contribution in [0.4, 0.5) is 5.69 Å². The highest BCUT2D eigenvalue weighted by Gasteiger charge is 2.45. The van der Waals surface area contributed by atoms with Crippen molar-refractivity contribution in [1.29, 1.82) is 5.26 Å². The van der Waals surface area contributed by atoms with Gasteiger partial charge in [0, 0.05) is 74.5 Å². The molecule has 4 fully saturated rings. The average molecular weight is 821 g/mol. The molecule has 0 bridgehead atoms. The SMILES string of the molecule is CC(CC1CCC(C)N1C(=O)c1ccc(OC2CCN(C3CCN(c4ccc5c(c4)C(=O)N(C4CCC(=O)NC4=O)C5=O)CC3)CC2)cc1)Oc1ccc(C#N)c(Cl)c1. The van der Waals surface area contributed by atoms with Gasteiger partial charge in [-0.2, -0.15) is 5.26 Å². The maximum absolute atomic E-state index is 13.8. The third kappa shape index (κ3) is 8.38. The molecule has 0 aliphatic carbocycles. The van der Waals surface area contributed by atoms with Gasteiger partial charge in [0.2, 0.25) is 11.8 Å². The van der Waals surface area contributed by atoms with Crippen molar-refractivity contribution in [2.75, 3.05) is 31.1 Å². The van der Waals surface area contributed by atoms with Gasteiger partial charge in [0.25, 0.3) is 17.7 Å². The molecule has 5 aliphatic rings. The van der Waals surface area contributed by atoms with Crippen LogP contribution in [0, 0.1) is 11.3 Å². The number of fused-ring (bicyclic) bond motifs is 1. The van der Waals surface area contributed by atoms with Gasteiger partial charge in [0.1, 0.15) is 29.7 Å². The summed E-state index contributed by atoms with van der Waals surface area (Å²) in [6, 6.07) is 19.6. The topological polar surface area (TPSA) is 153 Å². The van der Waals surface area contributed by atoms with E-state index in [-0.39, 0.29) is 43.0 Å². The van der Waals surface area contributed by atoms with E-state index in [1.165, 1.54) is 0 Å². The fourth-order valence-corrected chi connectivity index (χ4v) is 9.73. The van der Waals surface area contributed by atoms with Crippen LogP contribution in [0.5, 0.6) is 11.5 Å². The number of carbonyl (C=O) groups excluding carboxylic acids is 5. The molecule has 3 aromatic carbocycles. The highest BCUT2D eigenvalue weighted by molar-refractivity contribution is 6.31. The number of likely N-dealkylation sites (tertiary alicyclic amines) is 2. The number of nitrogens with one attached hydrogen (secondary N) is 1. The van der Waals surface area contributed by atoms with E-state index in [0.717, 1.165) is 81.0 Å². The molecule has 4 saturated heterocycles. The first-order valence-electron chi connectivity index (χ1n) is 20.8. The third-order valence-electron chi connectivity index (χ3n) is 12.7. The number of halogens is 1. The molecule has 5 aliphatic heterocycles. The third-order valence-corrected chi connectivity index (χ3v) is 13.0. The molecule has 13 nitrogen and oxygen atoms in total. The number of hydrogen-bond donors (Lipinski definition) is 1. The van der Waals surface area contributed by atoms with Crippen molar-refractivity contribution in [3.05, 3.63) is 87.9 Å². The predicted molar refractivity (Wildman–Crippen MR) is 220 cm³/mol. The van der Waals surface area contributed by atoms with Gasteiger partial charge in [0.05, 0.1) is 27.8 Å². The highest BCUT2D eigenvalue weighted by atomic mass is 35.5. The standard InChI is InChI=1S/C45H49ClN6O7/c1-27-3-7-33(23-28(2)58-36-11-6-30(26-47)39(46)25-36)51(27)43(55)29-4-9-34(10-5-29)59-35-17-21-49(22-18-35)31-15-19-50(20-16-31)32-8-12-37-38(24-32)45(57)52(44(37)56)40-13-14-41(53)48-42(40)54/h4-6,8-12,24-25,27-28,31,33,35,40H,3,7,13-23H2,1-2H3,(H,48,53,54). The van der Waals surface area contributed by atoms with E-state index in [1.807, 2.05) is 42.2 Å². The van der Waals surface area contributed by atoms with Gasteiger partial charge in [-0.25, -0.2) is 0 Å². The van der Waals surface area contributed by atoms with Gasteiger partial charge in [-0.05, 0) is 113 Å². The molecule has 0 aromatic heterocycles. The van der Waals surface area contributed by atoms with E-state index in [4.69, 9.17) is 26.3 Å². The summed E-state index contributed by atoms with van der Waals surface area (Å²) in [4.78, 5) is 72.2. The summed E-state index contributed by atoms with van der Waals surface area (Å²) in [5, 5.41) is 11.8. The number of imide groups is 2. The Kier molecular flexibility index (Phi) is 11.6. The van der Waals surface area contributed by atoms with Crippen molar-refractivity contribution in [3.63, 3.8) is 0 Å². The van der Waals surface area contributed by atoms with Crippen LogP contribution in [0.1, 0.15) is 108 Å². The summed E-state index contributed by atoms with van der Waals surface area (Å²) in [5.41, 5.74) is 2.52. The Morgan fingerprint density at radius 2 is 1.58 bits per heavy atom. The predicted octanol–water partition coefficient (Wildman–Crippen LogP) is 5.98. The van der Waals surface area contributed by atoms with E-state index >= 15 is 0 Å². The Balaban J connectivity index is 0.791. The van der Waals surface area contributed by atoms with Crippen LogP contribution in [0.15, 0.2) is 60.7 Å². The summed E-state index contributed by atoms with van der Waals surface area (Å²) in [6.07, 6.45) is 6.45. The zero-order valence-electron chi connectivity index (χ0n) is 33.4. The Labute approximate surface area is 349 Å². The average Bonchev–Trinajstić information content (AvgIpc) is 3.72. The molecular formula is C45H49ClN6O7. The van der Waals surface area contributed by atoms with Gasteiger partial charge in [0.15, 0.2) is 0 Å². The summed E-state index contributed by atoms with van der Waals surface area (Å²) in [6.45, 7) is 7.60. The minimum absolute atomic E-state index is 0.00992. The first kappa shape index (κ1) is 40.3. The van der Waals surface area contributed by atoms with Crippen molar-refractivity contribution in [3.8, 4) is 17.6 Å². The fourth-order valence-electron chi connectivity index (χ4n) is 9.51. The molecule has 5 heterocycles. The zero-order chi connectivity index (χ0) is 41.4. The molecule has 4 unspecified atom stereocenters. The number of benzene rings is 3. The monoisotopic (exact) mass is 820 g/mol. The second kappa shape index (κ2) is 17.0. The van der Waals surface area contributed by atoms with Gasteiger partial charge in [-0.3, -0.25) is 39.1 Å². The smallest absolute Gasteiger partial charge is 0.262 e. The molecule has 4 atom stereocenters. The van der Waals surface area contributed by atoms with Crippen molar-refractivity contribution in [2.24, 2.45) is 0 Å². The molecule has 0 radical (unpaired) electrons. The van der Waals surface area contributed by atoms with Crippen LogP contribution in [0.2, 0.25) is 5.02 Å². The van der Waals surface area contributed by atoms with Crippen LogP contribution in [-0.2, 0) is 9.59 Å². The fraction of sp³-hybridized carbons (Fsp3) is 0.467. The van der Waals surface area contributed by atoms with Crippen LogP contribution >= 0.6 is 11.6 Å². The maximum atomic E-state index is 13.8. The van der Waals surface area contributed by atoms with Crippen LogP contribution in [0.25, 0.3) is 0 Å². The van der Waals surface area contributed by atoms with Gasteiger partial charge in [-0.15, -0.1) is 0 Å². The maximum Gasteiger partial charge on any atom is 0.262 e. The highest BCUT2D eigenvalue weighted by Crippen LogP contribution is 2.34. The first-order valence-corrected chi connectivity index (χ1v) is 21.2. The Morgan fingerprint density at radius 3 is 2.27 bits per heavy atom. The molecule has 1 N–H and O–H groups in total. The van der Waals surface area contributed by atoms with Crippen LogP contribution < -0.4 is 19.7 Å². The van der Waals surface area contributed by atoms with Crippen molar-refractivity contribution < 1.29 is 33.4 Å². The molecular weight excluding hydrogens is 772 g/mol. The lowest BCUT2D eigenvalue weighted by atomic mass is 9.98. The van der Waals surface area contributed by atoms with E-state index in [9.17, 15) is 24.0 Å². The lowest BCUT2D eigenvalue weighted by Gasteiger charge is -2.42. The summed E-state index contributed by atoms with van der Waals surface area (Å²) >= 11 is 6.20. The van der Waals surface area contributed by atoms with Crippen LogP contribution in [0.3, 0.4) is 0 Å².